The fraction of sp³-hybridized carbons (Fsp3) is 0.0667. The van der Waals surface area contributed by atoms with Crippen molar-refractivity contribution in [1.82, 2.24) is 0 Å². The summed E-state index contributed by atoms with van der Waals surface area (Å²) in [5.41, 5.74) is 0.827. The van der Waals surface area contributed by atoms with Gasteiger partial charge in [0.25, 0.3) is 5.91 Å². The Bertz CT molecular complexity index is 715. The van der Waals surface area contributed by atoms with Crippen LogP contribution in [-0.2, 0) is 4.79 Å². The first-order valence-electron chi connectivity index (χ1n) is 6.04. The third-order valence-corrected chi connectivity index (χ3v) is 3.32. The molecule has 1 N–H and O–H groups in total. The van der Waals surface area contributed by atoms with E-state index in [1.165, 1.54) is 6.07 Å². The maximum Gasteiger partial charge on any atom is 0.264 e. The molecule has 0 aliphatic carbocycles. The van der Waals surface area contributed by atoms with Crippen LogP contribution in [0.1, 0.15) is 11.1 Å². The summed E-state index contributed by atoms with van der Waals surface area (Å²) in [6.45, 7) is 0. The number of carbonyl (C=O) groups excluding carboxylic acids is 1. The van der Waals surface area contributed by atoms with Crippen LogP contribution in [0.5, 0.6) is 0 Å². The predicted octanol–water partition coefficient (Wildman–Crippen LogP) is 3.18. The molecule has 20 heavy (non-hydrogen) atoms. The lowest BCUT2D eigenvalue weighted by atomic mass is 10.0. The van der Waals surface area contributed by atoms with Gasteiger partial charge in [-0.25, -0.2) is 4.39 Å². The van der Waals surface area contributed by atoms with Gasteiger partial charge in [0.15, 0.2) is 0 Å². The Balaban J connectivity index is 2.25. The maximum atomic E-state index is 14.0. The molecule has 5 heteroatoms. The van der Waals surface area contributed by atoms with Gasteiger partial charge in [0.1, 0.15) is 5.82 Å². The van der Waals surface area contributed by atoms with Gasteiger partial charge >= 0.3 is 0 Å². The molecule has 100 valence electrons. The van der Waals surface area contributed by atoms with E-state index in [1.54, 1.807) is 42.5 Å². The van der Waals surface area contributed by atoms with Gasteiger partial charge in [0, 0.05) is 11.1 Å². The van der Waals surface area contributed by atoms with Gasteiger partial charge in [-0.3, -0.25) is 9.79 Å². The second kappa shape index (κ2) is 5.06. The first-order chi connectivity index (χ1) is 9.66. The number of carbonyl (C=O) groups is 1. The molecule has 1 aliphatic rings. The van der Waals surface area contributed by atoms with Crippen LogP contribution in [0.15, 0.2) is 53.5 Å². The van der Waals surface area contributed by atoms with Crippen molar-refractivity contribution >= 4 is 28.9 Å². The molecule has 0 bridgehead atoms. The minimum atomic E-state index is -1.09. The first-order valence-corrected chi connectivity index (χ1v) is 6.47. The Labute approximate surface area is 120 Å². The lowest BCUT2D eigenvalue weighted by Gasteiger charge is -2.09. The summed E-state index contributed by atoms with van der Waals surface area (Å²) in [5.74, 6) is -0.829. The van der Waals surface area contributed by atoms with Crippen LogP contribution >= 0.6 is 11.6 Å². The van der Waals surface area contributed by atoms with E-state index < -0.39 is 17.2 Å². The molecule has 0 aromatic heterocycles. The second-order valence-electron chi connectivity index (χ2n) is 4.33. The fourth-order valence-electron chi connectivity index (χ4n) is 2.10. The van der Waals surface area contributed by atoms with Crippen molar-refractivity contribution < 1.29 is 9.18 Å². The van der Waals surface area contributed by atoms with Crippen LogP contribution in [0.25, 0.3) is 0 Å². The molecule has 2 aromatic carbocycles. The zero-order valence-electron chi connectivity index (χ0n) is 10.3. The van der Waals surface area contributed by atoms with E-state index in [9.17, 15) is 9.18 Å². The molecule has 1 amide bonds. The smallest absolute Gasteiger partial charge is 0.264 e. The molecule has 0 saturated carbocycles. The predicted molar refractivity (Wildman–Crippen MR) is 76.8 cm³/mol. The summed E-state index contributed by atoms with van der Waals surface area (Å²) in [7, 11) is 0. The zero-order chi connectivity index (χ0) is 14.1. The van der Waals surface area contributed by atoms with Gasteiger partial charge in [0.05, 0.1) is 11.4 Å². The minimum absolute atomic E-state index is 0.321. The Morgan fingerprint density at radius 1 is 1.05 bits per heavy atom. The van der Waals surface area contributed by atoms with Crippen molar-refractivity contribution in [2.45, 2.75) is 5.50 Å². The van der Waals surface area contributed by atoms with Gasteiger partial charge < -0.3 is 5.32 Å². The number of hydrogen-bond acceptors (Lipinski definition) is 2. The average molecular weight is 289 g/mol. The zero-order valence-corrected chi connectivity index (χ0v) is 11.1. The quantitative estimate of drug-likeness (QED) is 0.635. The third-order valence-electron chi connectivity index (χ3n) is 3.03. The number of nitrogens with one attached hydrogen (secondary N) is 1. The molecule has 0 fully saturated rings. The summed E-state index contributed by atoms with van der Waals surface area (Å²) in [6.07, 6.45) is 0. The number of fused-ring (bicyclic) bond motifs is 1. The SMILES string of the molecule is O=C1Nc2ccccc2C(c2ccccc2F)=NC1Cl. The standard InChI is InChI=1S/C15H10ClFN2O/c16-14-15(20)18-12-8-4-2-6-10(12)13(19-14)9-5-1-3-7-11(9)17/h1-8,14H,(H,18,20). The Kier molecular flexibility index (Phi) is 3.24. The number of halogens is 2. The molecule has 1 atom stereocenters. The monoisotopic (exact) mass is 288 g/mol. The lowest BCUT2D eigenvalue weighted by Crippen LogP contribution is -2.20. The molecular weight excluding hydrogens is 279 g/mol. The van der Waals surface area contributed by atoms with E-state index in [0.29, 0.717) is 22.5 Å². The van der Waals surface area contributed by atoms with Gasteiger partial charge in [-0.15, -0.1) is 0 Å². The number of amides is 1. The number of para-hydroxylation sites is 1. The highest BCUT2D eigenvalue weighted by Crippen LogP contribution is 2.25. The minimum Gasteiger partial charge on any atom is -0.322 e. The normalized spacial score (nSPS) is 17.8. The summed E-state index contributed by atoms with van der Waals surface area (Å²) >= 11 is 5.94. The van der Waals surface area contributed by atoms with E-state index in [2.05, 4.69) is 10.3 Å². The highest BCUT2D eigenvalue weighted by molar-refractivity contribution is 6.35. The first kappa shape index (κ1) is 12.8. The number of benzodiazepines with no additional fused rings is 1. The highest BCUT2D eigenvalue weighted by Gasteiger charge is 2.24. The molecule has 1 aliphatic heterocycles. The van der Waals surface area contributed by atoms with Crippen molar-refractivity contribution in [2.75, 3.05) is 5.32 Å². The summed E-state index contributed by atoms with van der Waals surface area (Å²) in [6, 6.07) is 13.4. The summed E-state index contributed by atoms with van der Waals surface area (Å²) < 4.78 is 14.0. The van der Waals surface area contributed by atoms with E-state index in [0.717, 1.165) is 0 Å². The van der Waals surface area contributed by atoms with E-state index in [1.807, 2.05) is 0 Å². The van der Waals surface area contributed by atoms with Gasteiger partial charge in [-0.1, -0.05) is 41.9 Å². The summed E-state index contributed by atoms with van der Waals surface area (Å²) in [5, 5.41) is 2.68. The number of rotatable bonds is 1. The summed E-state index contributed by atoms with van der Waals surface area (Å²) in [4.78, 5) is 16.0. The molecule has 0 radical (unpaired) electrons. The average Bonchev–Trinajstić information content (AvgIpc) is 2.57. The molecule has 0 spiro atoms. The van der Waals surface area contributed by atoms with Crippen LogP contribution in [0.3, 0.4) is 0 Å². The molecule has 3 nitrogen and oxygen atoms in total. The van der Waals surface area contributed by atoms with Crippen LogP contribution in [0, 0.1) is 5.82 Å². The van der Waals surface area contributed by atoms with Crippen LogP contribution in [0.2, 0.25) is 0 Å². The molecular formula is C15H10ClFN2O. The molecule has 1 unspecified atom stereocenters. The Morgan fingerprint density at radius 3 is 2.45 bits per heavy atom. The fourth-order valence-corrected chi connectivity index (χ4v) is 2.25. The Morgan fingerprint density at radius 2 is 1.70 bits per heavy atom. The number of alkyl halides is 1. The third kappa shape index (κ3) is 2.18. The van der Waals surface area contributed by atoms with Crippen molar-refractivity contribution in [3.05, 3.63) is 65.5 Å². The van der Waals surface area contributed by atoms with Crippen LogP contribution in [0.4, 0.5) is 10.1 Å². The number of benzene rings is 2. The Hall–Kier alpha value is -2.20. The highest BCUT2D eigenvalue weighted by atomic mass is 35.5. The number of nitrogens with zero attached hydrogens (tertiary/aromatic N) is 1. The molecule has 0 saturated heterocycles. The van der Waals surface area contributed by atoms with Crippen LogP contribution < -0.4 is 5.32 Å². The number of aliphatic imine (C=N–C) groups is 1. The number of anilines is 1. The van der Waals surface area contributed by atoms with Gasteiger partial charge in [-0.05, 0) is 18.2 Å². The topological polar surface area (TPSA) is 41.5 Å². The number of hydrogen-bond donors (Lipinski definition) is 1. The van der Waals surface area contributed by atoms with Crippen LogP contribution in [-0.4, -0.2) is 17.1 Å². The van der Waals surface area contributed by atoms with Gasteiger partial charge in [0.2, 0.25) is 5.50 Å². The van der Waals surface area contributed by atoms with E-state index >= 15 is 0 Å². The van der Waals surface area contributed by atoms with E-state index in [4.69, 9.17) is 11.6 Å². The van der Waals surface area contributed by atoms with E-state index in [-0.39, 0.29) is 0 Å². The van der Waals surface area contributed by atoms with Crippen molar-refractivity contribution in [3.63, 3.8) is 0 Å². The van der Waals surface area contributed by atoms with Gasteiger partial charge in [-0.2, -0.15) is 0 Å². The van der Waals surface area contributed by atoms with Crippen molar-refractivity contribution in [1.29, 1.82) is 0 Å². The maximum absolute atomic E-state index is 14.0. The second-order valence-corrected chi connectivity index (χ2v) is 4.74. The van der Waals surface area contributed by atoms with Crippen molar-refractivity contribution in [3.8, 4) is 0 Å². The molecule has 3 rings (SSSR count). The lowest BCUT2D eigenvalue weighted by molar-refractivity contribution is -0.115. The van der Waals surface area contributed by atoms with Crippen molar-refractivity contribution in [2.24, 2.45) is 4.99 Å². The molecule has 1 heterocycles. The largest absolute Gasteiger partial charge is 0.322 e. The molecule has 2 aromatic rings.